The van der Waals surface area contributed by atoms with E-state index in [1.807, 2.05) is 35.7 Å². The maximum atomic E-state index is 11.4. The number of carbonyl (C=O) groups is 1. The molecule has 5 heteroatoms. The topological polar surface area (TPSA) is 17.1 Å². The van der Waals surface area contributed by atoms with Gasteiger partial charge < -0.3 is 0 Å². The second kappa shape index (κ2) is 9.03. The summed E-state index contributed by atoms with van der Waals surface area (Å²) in [6.45, 7) is 1.61. The van der Waals surface area contributed by atoms with E-state index in [0.717, 1.165) is 17.1 Å². The van der Waals surface area contributed by atoms with Gasteiger partial charge in [-0.1, -0.05) is 54.6 Å². The van der Waals surface area contributed by atoms with Crippen LogP contribution in [0.3, 0.4) is 0 Å². The smallest absolute Gasteiger partial charge is 0.159 e. The van der Waals surface area contributed by atoms with Crippen LogP contribution in [0, 0.1) is 0 Å². The standard InChI is InChI=1S/C17H16OS2.CH2Cl2/c1-13(18)14-7-9-16(10-8-14)17(19-11-12-20-17)15-5-3-2-4-6-15;2-1-3/h2-10H,11-12H2,1H3;1H2. The van der Waals surface area contributed by atoms with E-state index < -0.39 is 0 Å². The third kappa shape index (κ3) is 4.48. The predicted octanol–water partition coefficient (Wildman–Crippen LogP) is 5.99. The Morgan fingerprint density at radius 2 is 1.43 bits per heavy atom. The average molecular weight is 385 g/mol. The van der Waals surface area contributed by atoms with Gasteiger partial charge in [0.05, 0.1) is 5.34 Å². The minimum absolute atomic E-state index is 0.0173. The zero-order chi connectivity index (χ0) is 16.7. The lowest BCUT2D eigenvalue weighted by molar-refractivity contribution is 0.101. The lowest BCUT2D eigenvalue weighted by atomic mass is 10.0. The third-order valence-corrected chi connectivity index (χ3v) is 7.06. The zero-order valence-corrected chi connectivity index (χ0v) is 15.9. The van der Waals surface area contributed by atoms with E-state index in [-0.39, 0.29) is 15.2 Å². The highest BCUT2D eigenvalue weighted by Gasteiger charge is 2.39. The van der Waals surface area contributed by atoms with Crippen LogP contribution in [0.15, 0.2) is 54.6 Å². The molecule has 2 aromatic rings. The third-order valence-electron chi connectivity index (χ3n) is 3.52. The number of hydrogen-bond acceptors (Lipinski definition) is 3. The minimum Gasteiger partial charge on any atom is -0.295 e. The van der Waals surface area contributed by atoms with E-state index in [9.17, 15) is 4.79 Å². The second-order valence-corrected chi connectivity index (χ2v) is 8.60. The number of hydrogen-bond donors (Lipinski definition) is 0. The van der Waals surface area contributed by atoms with Crippen LogP contribution in [0.5, 0.6) is 0 Å². The normalized spacial score (nSPS) is 15.6. The van der Waals surface area contributed by atoms with Gasteiger partial charge in [-0.2, -0.15) is 0 Å². The number of benzene rings is 2. The molecule has 0 bridgehead atoms. The van der Waals surface area contributed by atoms with Crippen LogP contribution in [0.25, 0.3) is 0 Å². The van der Waals surface area contributed by atoms with Crippen molar-refractivity contribution in [1.82, 2.24) is 0 Å². The lowest BCUT2D eigenvalue weighted by Crippen LogP contribution is -2.16. The van der Waals surface area contributed by atoms with Gasteiger partial charge in [0.25, 0.3) is 0 Å². The first-order valence-electron chi connectivity index (χ1n) is 7.21. The summed E-state index contributed by atoms with van der Waals surface area (Å²) in [4.78, 5) is 11.4. The Bertz CT molecular complexity index is 623. The Balaban J connectivity index is 0.000000595. The van der Waals surface area contributed by atoms with Gasteiger partial charge in [-0.3, -0.25) is 4.79 Å². The molecule has 0 spiro atoms. The predicted molar refractivity (Wildman–Crippen MR) is 105 cm³/mol. The number of carbonyl (C=O) groups excluding carboxylic acids is 1. The Hall–Kier alpha value is -0.610. The van der Waals surface area contributed by atoms with E-state index in [0.29, 0.717) is 0 Å². The molecule has 0 amide bonds. The molecule has 1 fully saturated rings. The fourth-order valence-electron chi connectivity index (χ4n) is 2.49. The Kier molecular flexibility index (Phi) is 7.35. The number of Topliss-reactive ketones (excluding diaryl/α,β-unsaturated/α-hetero) is 1. The van der Waals surface area contributed by atoms with E-state index in [2.05, 4.69) is 42.5 Å². The van der Waals surface area contributed by atoms with Crippen LogP contribution in [0.2, 0.25) is 0 Å². The number of thioether (sulfide) groups is 2. The molecule has 1 heterocycles. The van der Waals surface area contributed by atoms with Crippen molar-refractivity contribution >= 4 is 52.5 Å². The molecule has 3 rings (SSSR count). The van der Waals surface area contributed by atoms with Crippen molar-refractivity contribution in [2.24, 2.45) is 0 Å². The van der Waals surface area contributed by atoms with Crippen molar-refractivity contribution in [2.45, 2.75) is 11.0 Å². The summed E-state index contributed by atoms with van der Waals surface area (Å²) in [5.41, 5.74) is 3.40. The van der Waals surface area contributed by atoms with Crippen molar-refractivity contribution in [2.75, 3.05) is 16.8 Å². The van der Waals surface area contributed by atoms with Crippen molar-refractivity contribution in [1.29, 1.82) is 0 Å². The largest absolute Gasteiger partial charge is 0.295 e. The first-order chi connectivity index (χ1) is 11.1. The van der Waals surface area contributed by atoms with E-state index in [1.54, 1.807) is 6.92 Å². The molecule has 0 atom stereocenters. The van der Waals surface area contributed by atoms with Gasteiger partial charge in [-0.05, 0) is 18.1 Å². The van der Waals surface area contributed by atoms with Crippen LogP contribution in [0.4, 0.5) is 0 Å². The highest BCUT2D eigenvalue weighted by atomic mass is 35.5. The van der Waals surface area contributed by atoms with Gasteiger partial charge >= 0.3 is 0 Å². The summed E-state index contributed by atoms with van der Waals surface area (Å²) in [6.07, 6.45) is 0. The van der Waals surface area contributed by atoms with E-state index >= 15 is 0 Å². The molecule has 0 saturated carbocycles. The minimum atomic E-state index is -0.0173. The molecule has 1 nitrogen and oxygen atoms in total. The van der Waals surface area contributed by atoms with E-state index in [4.69, 9.17) is 23.2 Å². The summed E-state index contributed by atoms with van der Waals surface area (Å²) in [5.74, 6) is 2.44. The van der Waals surface area contributed by atoms with Crippen LogP contribution in [0.1, 0.15) is 28.4 Å². The van der Waals surface area contributed by atoms with Crippen molar-refractivity contribution in [3.63, 3.8) is 0 Å². The van der Waals surface area contributed by atoms with Gasteiger partial charge in [-0.15, -0.1) is 46.7 Å². The summed E-state index contributed by atoms with van der Waals surface area (Å²) < 4.78 is -0.0173. The maximum Gasteiger partial charge on any atom is 0.159 e. The van der Waals surface area contributed by atoms with Gasteiger partial charge in [0.2, 0.25) is 0 Å². The number of rotatable bonds is 3. The number of ketones is 1. The molecule has 23 heavy (non-hydrogen) atoms. The molecule has 2 aromatic carbocycles. The Morgan fingerprint density at radius 1 is 0.957 bits per heavy atom. The molecule has 1 aliphatic heterocycles. The number of halogens is 2. The SMILES string of the molecule is CC(=O)c1ccc(C2(c3ccccc3)SCCS2)cc1.ClCCl. The fraction of sp³-hybridized carbons (Fsp3) is 0.278. The molecule has 1 aliphatic rings. The maximum absolute atomic E-state index is 11.4. The molecule has 0 aromatic heterocycles. The molecular formula is C18H18Cl2OS2. The summed E-state index contributed by atoms with van der Waals surface area (Å²) in [5, 5.41) is 0.194. The molecule has 1 saturated heterocycles. The average Bonchev–Trinajstić information content (AvgIpc) is 3.07. The molecule has 122 valence electrons. The van der Waals surface area contributed by atoms with Crippen LogP contribution in [-0.2, 0) is 4.08 Å². The molecule has 0 radical (unpaired) electrons. The molecule has 0 N–H and O–H groups in total. The van der Waals surface area contributed by atoms with Gasteiger partial charge in [0, 0.05) is 17.1 Å². The lowest BCUT2D eigenvalue weighted by Gasteiger charge is -2.28. The first-order valence-corrected chi connectivity index (χ1v) is 10.2. The highest BCUT2D eigenvalue weighted by molar-refractivity contribution is 8.20. The Labute approximate surface area is 156 Å². The quantitative estimate of drug-likeness (QED) is 0.477. The summed E-state index contributed by atoms with van der Waals surface area (Å²) >= 11 is 13.5. The highest BCUT2D eigenvalue weighted by Crippen LogP contribution is 2.56. The molecule has 0 unspecified atom stereocenters. The number of alkyl halides is 2. The van der Waals surface area contributed by atoms with Crippen LogP contribution in [-0.4, -0.2) is 22.6 Å². The van der Waals surface area contributed by atoms with E-state index in [1.165, 1.54) is 11.1 Å². The van der Waals surface area contributed by atoms with Gasteiger partial charge in [-0.25, -0.2) is 0 Å². The molecule has 0 aliphatic carbocycles. The van der Waals surface area contributed by atoms with Gasteiger partial charge in [0.15, 0.2) is 5.78 Å². The van der Waals surface area contributed by atoms with Crippen molar-refractivity contribution in [3.8, 4) is 0 Å². The van der Waals surface area contributed by atoms with Gasteiger partial charge in [0.1, 0.15) is 4.08 Å². The summed E-state index contributed by atoms with van der Waals surface area (Å²) in [6, 6.07) is 18.8. The first kappa shape index (κ1) is 18.7. The monoisotopic (exact) mass is 384 g/mol. The zero-order valence-electron chi connectivity index (χ0n) is 12.8. The molecular weight excluding hydrogens is 367 g/mol. The van der Waals surface area contributed by atoms with Crippen molar-refractivity contribution < 1.29 is 4.79 Å². The second-order valence-electron chi connectivity index (χ2n) is 4.91. The van der Waals surface area contributed by atoms with Crippen LogP contribution < -0.4 is 0 Å². The Morgan fingerprint density at radius 3 is 1.91 bits per heavy atom. The van der Waals surface area contributed by atoms with Crippen LogP contribution >= 0.6 is 46.7 Å². The summed E-state index contributed by atoms with van der Waals surface area (Å²) in [7, 11) is 0. The fourth-order valence-corrected chi connectivity index (χ4v) is 5.78. The van der Waals surface area contributed by atoms with Crippen molar-refractivity contribution in [3.05, 3.63) is 71.3 Å².